The minimum absolute atomic E-state index is 0.106. The molecule has 0 aromatic carbocycles. The van der Waals surface area contributed by atoms with E-state index in [9.17, 15) is 13.2 Å². The van der Waals surface area contributed by atoms with Crippen LogP contribution in [0.1, 0.15) is 40.5 Å². The second-order valence-corrected chi connectivity index (χ2v) is 8.26. The molecule has 118 valence electrons. The Bertz CT molecular complexity index is 434. The molecular weight excluding hydrogens is 280 g/mol. The van der Waals surface area contributed by atoms with E-state index >= 15 is 0 Å². The van der Waals surface area contributed by atoms with Gasteiger partial charge in [0.1, 0.15) is 5.60 Å². The molecule has 1 saturated heterocycles. The zero-order chi connectivity index (χ0) is 15.6. The standard InChI is InChI=1S/C13H26N2O4S/c1-10(14-20(5,17)18)11-6-8-15(9-7-11)12(16)19-13(2,3)4/h10-11,14H,6-9H2,1-5H3/t10-/m1/s1. The highest BCUT2D eigenvalue weighted by Gasteiger charge is 2.29. The molecule has 0 aromatic rings. The Balaban J connectivity index is 2.46. The maximum Gasteiger partial charge on any atom is 0.410 e. The fraction of sp³-hybridized carbons (Fsp3) is 0.923. The minimum Gasteiger partial charge on any atom is -0.444 e. The van der Waals surface area contributed by atoms with Crippen LogP contribution in [-0.2, 0) is 14.8 Å². The van der Waals surface area contributed by atoms with Crippen molar-refractivity contribution < 1.29 is 17.9 Å². The van der Waals surface area contributed by atoms with Crippen LogP contribution in [0.2, 0.25) is 0 Å². The topological polar surface area (TPSA) is 75.7 Å². The molecule has 6 nitrogen and oxygen atoms in total. The second kappa shape index (κ2) is 6.30. The van der Waals surface area contributed by atoms with Crippen molar-refractivity contribution in [1.82, 2.24) is 9.62 Å². The van der Waals surface area contributed by atoms with Crippen molar-refractivity contribution in [3.8, 4) is 0 Å². The van der Waals surface area contributed by atoms with Crippen LogP contribution in [0.25, 0.3) is 0 Å². The lowest BCUT2D eigenvalue weighted by molar-refractivity contribution is 0.0174. The van der Waals surface area contributed by atoms with Crippen LogP contribution in [0.3, 0.4) is 0 Å². The number of ether oxygens (including phenoxy) is 1. The van der Waals surface area contributed by atoms with Gasteiger partial charge in [0, 0.05) is 19.1 Å². The van der Waals surface area contributed by atoms with Crippen LogP contribution in [-0.4, -0.2) is 50.4 Å². The zero-order valence-electron chi connectivity index (χ0n) is 13.0. The summed E-state index contributed by atoms with van der Waals surface area (Å²) < 4.78 is 30.4. The quantitative estimate of drug-likeness (QED) is 0.859. The van der Waals surface area contributed by atoms with E-state index in [0.29, 0.717) is 13.1 Å². The molecule has 0 bridgehead atoms. The Hall–Kier alpha value is -0.820. The molecule has 0 spiro atoms. The molecule has 1 atom stereocenters. The van der Waals surface area contributed by atoms with Gasteiger partial charge in [-0.15, -0.1) is 0 Å². The van der Waals surface area contributed by atoms with Gasteiger partial charge in [0.05, 0.1) is 6.26 Å². The van der Waals surface area contributed by atoms with E-state index in [2.05, 4.69) is 4.72 Å². The summed E-state index contributed by atoms with van der Waals surface area (Å²) >= 11 is 0. The summed E-state index contributed by atoms with van der Waals surface area (Å²) in [6.45, 7) is 8.61. The molecule has 0 aromatic heterocycles. The van der Waals surface area contributed by atoms with Crippen LogP contribution < -0.4 is 4.72 Å². The van der Waals surface area contributed by atoms with E-state index in [1.807, 2.05) is 27.7 Å². The largest absolute Gasteiger partial charge is 0.444 e. The molecule has 1 aliphatic rings. The molecule has 0 radical (unpaired) electrons. The first-order valence-electron chi connectivity index (χ1n) is 6.93. The van der Waals surface area contributed by atoms with Gasteiger partial charge in [-0.25, -0.2) is 17.9 Å². The molecule has 1 heterocycles. The number of likely N-dealkylation sites (tertiary alicyclic amines) is 1. The van der Waals surface area contributed by atoms with Crippen molar-refractivity contribution in [3.63, 3.8) is 0 Å². The zero-order valence-corrected chi connectivity index (χ0v) is 13.8. The lowest BCUT2D eigenvalue weighted by Gasteiger charge is -2.35. The van der Waals surface area contributed by atoms with Crippen molar-refractivity contribution in [2.75, 3.05) is 19.3 Å². The number of hydrogen-bond donors (Lipinski definition) is 1. The highest BCUT2D eigenvalue weighted by molar-refractivity contribution is 7.88. The maximum atomic E-state index is 11.9. The summed E-state index contributed by atoms with van der Waals surface area (Å²) in [6.07, 6.45) is 2.44. The van der Waals surface area contributed by atoms with Crippen LogP contribution in [0, 0.1) is 5.92 Å². The van der Waals surface area contributed by atoms with Gasteiger partial charge in [-0.2, -0.15) is 0 Å². The molecule has 7 heteroatoms. The van der Waals surface area contributed by atoms with Crippen molar-refractivity contribution >= 4 is 16.1 Å². The Morgan fingerprint density at radius 2 is 1.80 bits per heavy atom. The highest BCUT2D eigenvalue weighted by Crippen LogP contribution is 2.22. The predicted molar refractivity (Wildman–Crippen MR) is 78.0 cm³/mol. The van der Waals surface area contributed by atoms with E-state index in [0.717, 1.165) is 12.8 Å². The Kier molecular flexibility index (Phi) is 5.43. The second-order valence-electron chi connectivity index (χ2n) is 6.48. The van der Waals surface area contributed by atoms with Gasteiger partial charge in [0.15, 0.2) is 0 Å². The average Bonchev–Trinajstić information content (AvgIpc) is 2.24. The lowest BCUT2D eigenvalue weighted by Crippen LogP contribution is -2.46. The first-order valence-corrected chi connectivity index (χ1v) is 8.82. The third-order valence-corrected chi connectivity index (χ3v) is 4.10. The van der Waals surface area contributed by atoms with Gasteiger partial charge in [0.25, 0.3) is 0 Å². The third-order valence-electron chi connectivity index (χ3n) is 3.30. The van der Waals surface area contributed by atoms with E-state index in [4.69, 9.17) is 4.74 Å². The van der Waals surface area contributed by atoms with Crippen molar-refractivity contribution in [1.29, 1.82) is 0 Å². The van der Waals surface area contributed by atoms with Gasteiger partial charge in [-0.3, -0.25) is 0 Å². The normalized spacial score (nSPS) is 19.8. The number of sulfonamides is 1. The number of piperidine rings is 1. The molecule has 1 rings (SSSR count). The first kappa shape index (κ1) is 17.2. The van der Waals surface area contributed by atoms with Crippen LogP contribution >= 0.6 is 0 Å². The molecule has 0 aliphatic carbocycles. The van der Waals surface area contributed by atoms with Gasteiger partial charge in [-0.05, 0) is 46.5 Å². The highest BCUT2D eigenvalue weighted by atomic mass is 32.2. The summed E-state index contributed by atoms with van der Waals surface area (Å²) in [5, 5.41) is 0. The van der Waals surface area contributed by atoms with Crippen LogP contribution in [0.4, 0.5) is 4.79 Å². The minimum atomic E-state index is -3.18. The van der Waals surface area contributed by atoms with Gasteiger partial charge >= 0.3 is 6.09 Å². The molecule has 1 aliphatic heterocycles. The number of nitrogens with zero attached hydrogens (tertiary/aromatic N) is 1. The van der Waals surface area contributed by atoms with E-state index < -0.39 is 15.6 Å². The first-order chi connectivity index (χ1) is 8.98. The number of hydrogen-bond acceptors (Lipinski definition) is 4. The average molecular weight is 306 g/mol. The molecule has 1 amide bonds. The Morgan fingerprint density at radius 3 is 2.20 bits per heavy atom. The molecule has 0 unspecified atom stereocenters. The number of nitrogens with one attached hydrogen (secondary N) is 1. The predicted octanol–water partition coefficient (Wildman–Crippen LogP) is 1.57. The maximum absolute atomic E-state index is 11.9. The SMILES string of the molecule is C[C@@H](NS(C)(=O)=O)C1CCN(C(=O)OC(C)(C)C)CC1. The van der Waals surface area contributed by atoms with Crippen molar-refractivity contribution in [3.05, 3.63) is 0 Å². The summed E-state index contributed by atoms with van der Waals surface area (Å²) in [7, 11) is -3.18. The van der Waals surface area contributed by atoms with E-state index in [-0.39, 0.29) is 18.1 Å². The smallest absolute Gasteiger partial charge is 0.410 e. The fourth-order valence-corrected chi connectivity index (χ4v) is 3.21. The summed E-state index contributed by atoms with van der Waals surface area (Å²) in [5.41, 5.74) is -0.487. The van der Waals surface area contributed by atoms with Crippen LogP contribution in [0.5, 0.6) is 0 Å². The monoisotopic (exact) mass is 306 g/mol. The molecular formula is C13H26N2O4S. The summed E-state index contributed by atoms with van der Waals surface area (Å²) in [6, 6.07) is -0.106. The van der Waals surface area contributed by atoms with Gasteiger partial charge in [-0.1, -0.05) is 0 Å². The third kappa shape index (κ3) is 6.09. The molecule has 20 heavy (non-hydrogen) atoms. The van der Waals surface area contributed by atoms with E-state index in [1.54, 1.807) is 4.90 Å². The number of amides is 1. The molecule has 1 fully saturated rings. The fourth-order valence-electron chi connectivity index (χ4n) is 2.34. The van der Waals surface area contributed by atoms with Gasteiger partial charge < -0.3 is 9.64 Å². The number of carbonyl (C=O) groups excluding carboxylic acids is 1. The Morgan fingerprint density at radius 1 is 1.30 bits per heavy atom. The number of rotatable bonds is 3. The summed E-state index contributed by atoms with van der Waals surface area (Å²) in [5.74, 6) is 0.253. The molecule has 1 N–H and O–H groups in total. The van der Waals surface area contributed by atoms with E-state index in [1.165, 1.54) is 6.26 Å². The van der Waals surface area contributed by atoms with Gasteiger partial charge in [0.2, 0.25) is 10.0 Å². The van der Waals surface area contributed by atoms with Crippen molar-refractivity contribution in [2.45, 2.75) is 52.2 Å². The lowest BCUT2D eigenvalue weighted by atomic mass is 9.91. The summed E-state index contributed by atoms with van der Waals surface area (Å²) in [4.78, 5) is 13.6. The molecule has 0 saturated carbocycles. The van der Waals surface area contributed by atoms with Crippen molar-refractivity contribution in [2.24, 2.45) is 5.92 Å². The number of carbonyl (C=O) groups is 1. The van der Waals surface area contributed by atoms with Crippen LogP contribution in [0.15, 0.2) is 0 Å². The Labute approximate surface area is 121 Å².